The van der Waals surface area contributed by atoms with E-state index >= 15 is 0 Å². The second kappa shape index (κ2) is 6.44. The number of rotatable bonds is 5. The maximum atomic E-state index is 5.93. The Morgan fingerprint density at radius 1 is 1.10 bits per heavy atom. The van der Waals surface area contributed by atoms with Gasteiger partial charge in [0.25, 0.3) is 0 Å². The van der Waals surface area contributed by atoms with Crippen molar-refractivity contribution in [2.45, 2.75) is 19.9 Å². The highest BCUT2D eigenvalue weighted by Crippen LogP contribution is 2.28. The largest absolute Gasteiger partial charge is 0.495 e. The molecule has 0 amide bonds. The Morgan fingerprint density at radius 2 is 1.85 bits per heavy atom. The molecular weight excluding hydrogens is 248 g/mol. The molecule has 0 spiro atoms. The molecule has 2 rings (SSSR count). The van der Waals surface area contributed by atoms with Crippen LogP contribution in [0.15, 0.2) is 42.5 Å². The molecule has 3 heteroatoms. The van der Waals surface area contributed by atoms with Gasteiger partial charge in [0, 0.05) is 6.54 Å². The van der Waals surface area contributed by atoms with Gasteiger partial charge in [-0.3, -0.25) is 0 Å². The molecule has 20 heavy (non-hydrogen) atoms. The molecule has 2 aromatic carbocycles. The van der Waals surface area contributed by atoms with Crippen LogP contribution in [0.3, 0.4) is 0 Å². The predicted octanol–water partition coefficient (Wildman–Crippen LogP) is 3.42. The number of nitrogens with one attached hydrogen (secondary N) is 1. The summed E-state index contributed by atoms with van der Waals surface area (Å²) in [5.74, 6) is 0.829. The van der Waals surface area contributed by atoms with Crippen molar-refractivity contribution in [2.75, 3.05) is 19.0 Å². The predicted molar refractivity (Wildman–Crippen MR) is 84.3 cm³/mol. The van der Waals surface area contributed by atoms with E-state index < -0.39 is 0 Å². The summed E-state index contributed by atoms with van der Waals surface area (Å²) in [7, 11) is 1.67. The lowest BCUT2D eigenvalue weighted by Crippen LogP contribution is -2.21. The Labute approximate surface area is 120 Å². The number of methoxy groups -OCH3 is 1. The van der Waals surface area contributed by atoms with Crippen molar-refractivity contribution >= 4 is 5.69 Å². The molecular formula is C17H22N2O. The van der Waals surface area contributed by atoms with E-state index in [0.29, 0.717) is 6.54 Å². The zero-order valence-electron chi connectivity index (χ0n) is 12.3. The monoisotopic (exact) mass is 270 g/mol. The Morgan fingerprint density at radius 3 is 2.50 bits per heavy atom. The van der Waals surface area contributed by atoms with Crippen molar-refractivity contribution in [3.63, 3.8) is 0 Å². The summed E-state index contributed by atoms with van der Waals surface area (Å²) in [6, 6.07) is 14.4. The van der Waals surface area contributed by atoms with Crippen LogP contribution in [0.5, 0.6) is 5.75 Å². The van der Waals surface area contributed by atoms with E-state index in [2.05, 4.69) is 37.4 Å². The van der Waals surface area contributed by atoms with E-state index in [1.54, 1.807) is 7.11 Å². The van der Waals surface area contributed by atoms with Crippen LogP contribution in [0, 0.1) is 13.8 Å². The van der Waals surface area contributed by atoms with Gasteiger partial charge in [-0.2, -0.15) is 0 Å². The smallest absolute Gasteiger partial charge is 0.141 e. The first-order chi connectivity index (χ1) is 9.65. The van der Waals surface area contributed by atoms with Gasteiger partial charge < -0.3 is 15.8 Å². The molecule has 0 saturated heterocycles. The normalized spacial score (nSPS) is 12.0. The molecule has 0 aliphatic rings. The fourth-order valence-corrected chi connectivity index (χ4v) is 2.21. The molecule has 106 valence electrons. The summed E-state index contributed by atoms with van der Waals surface area (Å²) in [6.07, 6.45) is 0. The van der Waals surface area contributed by atoms with E-state index in [1.807, 2.05) is 24.3 Å². The van der Waals surface area contributed by atoms with E-state index in [0.717, 1.165) is 11.4 Å². The van der Waals surface area contributed by atoms with Gasteiger partial charge in [-0.05, 0) is 42.7 Å². The van der Waals surface area contributed by atoms with Gasteiger partial charge in [-0.1, -0.05) is 30.3 Å². The standard InChI is InChI=1S/C17H22N2O/c1-12-8-9-14(10-13(12)2)16(11-18)19-15-6-4-5-7-17(15)20-3/h4-10,16,19H,11,18H2,1-3H3. The molecule has 1 atom stereocenters. The highest BCUT2D eigenvalue weighted by atomic mass is 16.5. The topological polar surface area (TPSA) is 47.3 Å². The Kier molecular flexibility index (Phi) is 4.64. The molecule has 0 aliphatic heterocycles. The molecule has 0 saturated carbocycles. The fourth-order valence-electron chi connectivity index (χ4n) is 2.21. The first-order valence-corrected chi connectivity index (χ1v) is 6.82. The molecule has 0 fully saturated rings. The third-order valence-electron chi connectivity index (χ3n) is 3.61. The molecule has 3 N–H and O–H groups in total. The third kappa shape index (κ3) is 3.11. The molecule has 0 radical (unpaired) electrons. The maximum Gasteiger partial charge on any atom is 0.141 e. The van der Waals surface area contributed by atoms with Crippen LogP contribution >= 0.6 is 0 Å². The van der Waals surface area contributed by atoms with Crippen LogP contribution in [0.1, 0.15) is 22.7 Å². The van der Waals surface area contributed by atoms with E-state index in [-0.39, 0.29) is 6.04 Å². The van der Waals surface area contributed by atoms with Gasteiger partial charge in [-0.15, -0.1) is 0 Å². The van der Waals surface area contributed by atoms with E-state index in [4.69, 9.17) is 10.5 Å². The third-order valence-corrected chi connectivity index (χ3v) is 3.61. The van der Waals surface area contributed by atoms with Crippen LogP contribution in [-0.4, -0.2) is 13.7 Å². The molecule has 0 aliphatic carbocycles. The number of ether oxygens (including phenoxy) is 1. The van der Waals surface area contributed by atoms with Crippen LogP contribution in [0.4, 0.5) is 5.69 Å². The number of anilines is 1. The molecule has 0 heterocycles. The van der Waals surface area contributed by atoms with Crippen molar-refractivity contribution < 1.29 is 4.74 Å². The van der Waals surface area contributed by atoms with Crippen LogP contribution < -0.4 is 15.8 Å². The molecule has 1 unspecified atom stereocenters. The SMILES string of the molecule is COc1ccccc1NC(CN)c1ccc(C)c(C)c1. The zero-order chi connectivity index (χ0) is 14.5. The summed E-state index contributed by atoms with van der Waals surface area (Å²) in [5.41, 5.74) is 10.7. The maximum absolute atomic E-state index is 5.93. The van der Waals surface area contributed by atoms with Gasteiger partial charge in [-0.25, -0.2) is 0 Å². The Balaban J connectivity index is 2.26. The minimum absolute atomic E-state index is 0.0746. The average molecular weight is 270 g/mol. The first-order valence-electron chi connectivity index (χ1n) is 6.82. The van der Waals surface area contributed by atoms with Crippen LogP contribution in [0.25, 0.3) is 0 Å². The van der Waals surface area contributed by atoms with Gasteiger partial charge in [0.1, 0.15) is 5.75 Å². The summed E-state index contributed by atoms with van der Waals surface area (Å²) in [5, 5.41) is 3.46. The quantitative estimate of drug-likeness (QED) is 0.875. The fraction of sp³-hybridized carbons (Fsp3) is 0.294. The lowest BCUT2D eigenvalue weighted by molar-refractivity contribution is 0.416. The van der Waals surface area contributed by atoms with Crippen molar-refractivity contribution in [3.8, 4) is 5.75 Å². The number of hydrogen-bond donors (Lipinski definition) is 2. The van der Waals surface area contributed by atoms with Crippen LogP contribution in [0.2, 0.25) is 0 Å². The van der Waals surface area contributed by atoms with Crippen molar-refractivity contribution in [1.29, 1.82) is 0 Å². The van der Waals surface area contributed by atoms with E-state index in [9.17, 15) is 0 Å². The second-order valence-electron chi connectivity index (χ2n) is 4.98. The molecule has 3 nitrogen and oxygen atoms in total. The Bertz CT molecular complexity index is 581. The van der Waals surface area contributed by atoms with Crippen LogP contribution in [-0.2, 0) is 0 Å². The van der Waals surface area contributed by atoms with Gasteiger partial charge in [0.15, 0.2) is 0 Å². The highest BCUT2D eigenvalue weighted by molar-refractivity contribution is 5.57. The summed E-state index contributed by atoms with van der Waals surface area (Å²) < 4.78 is 5.37. The highest BCUT2D eigenvalue weighted by Gasteiger charge is 2.12. The molecule has 0 aromatic heterocycles. The number of para-hydroxylation sites is 2. The summed E-state index contributed by atoms with van der Waals surface area (Å²) in [4.78, 5) is 0. The number of aryl methyl sites for hydroxylation is 2. The minimum Gasteiger partial charge on any atom is -0.495 e. The van der Waals surface area contributed by atoms with E-state index in [1.165, 1.54) is 16.7 Å². The van der Waals surface area contributed by atoms with Crippen molar-refractivity contribution in [3.05, 3.63) is 59.2 Å². The second-order valence-corrected chi connectivity index (χ2v) is 4.98. The lowest BCUT2D eigenvalue weighted by Gasteiger charge is -2.21. The first kappa shape index (κ1) is 14.4. The minimum atomic E-state index is 0.0746. The zero-order valence-corrected chi connectivity index (χ0v) is 12.3. The summed E-state index contributed by atoms with van der Waals surface area (Å²) >= 11 is 0. The number of benzene rings is 2. The number of nitrogens with two attached hydrogens (primary N) is 1. The van der Waals surface area contributed by atoms with Gasteiger partial charge in [0.2, 0.25) is 0 Å². The lowest BCUT2D eigenvalue weighted by atomic mass is 10.0. The van der Waals surface area contributed by atoms with Gasteiger partial charge >= 0.3 is 0 Å². The number of hydrogen-bond acceptors (Lipinski definition) is 3. The molecule has 0 bridgehead atoms. The summed E-state index contributed by atoms with van der Waals surface area (Å²) in [6.45, 7) is 4.76. The van der Waals surface area contributed by atoms with Crippen molar-refractivity contribution in [2.24, 2.45) is 5.73 Å². The van der Waals surface area contributed by atoms with Gasteiger partial charge in [0.05, 0.1) is 18.8 Å². The molecule has 2 aromatic rings. The average Bonchev–Trinajstić information content (AvgIpc) is 2.48. The van der Waals surface area contributed by atoms with Crippen molar-refractivity contribution in [1.82, 2.24) is 0 Å². The Hall–Kier alpha value is -2.00.